The molecule has 0 aromatic rings. The first-order valence-electron chi connectivity index (χ1n) is 4.59. The molecular formula is C9H16O6. The summed E-state index contributed by atoms with van der Waals surface area (Å²) in [6, 6.07) is 0. The van der Waals surface area contributed by atoms with E-state index in [1.54, 1.807) is 0 Å². The first kappa shape index (κ1) is 14.0. The Kier molecular flexibility index (Phi) is 7.79. The molecular weight excluding hydrogens is 204 g/mol. The van der Waals surface area contributed by atoms with Crippen molar-refractivity contribution < 1.29 is 29.2 Å². The molecule has 0 aliphatic rings. The maximum Gasteiger partial charge on any atom is 0.303 e. The maximum atomic E-state index is 10.6. The van der Waals surface area contributed by atoms with Crippen molar-refractivity contribution in [1.29, 1.82) is 0 Å². The van der Waals surface area contributed by atoms with Crippen LogP contribution in [0.1, 0.15) is 26.2 Å². The Morgan fingerprint density at radius 3 is 2.53 bits per heavy atom. The molecule has 15 heavy (non-hydrogen) atoms. The second-order valence-electron chi connectivity index (χ2n) is 2.99. The van der Waals surface area contributed by atoms with Gasteiger partial charge in [-0.3, -0.25) is 9.59 Å². The molecule has 2 atom stereocenters. The van der Waals surface area contributed by atoms with Gasteiger partial charge < -0.3 is 9.47 Å². The van der Waals surface area contributed by atoms with Crippen molar-refractivity contribution in [3.63, 3.8) is 0 Å². The summed E-state index contributed by atoms with van der Waals surface area (Å²) in [5.74, 6) is -0.492. The second kappa shape index (κ2) is 8.34. The van der Waals surface area contributed by atoms with Gasteiger partial charge in [-0.05, 0) is 12.8 Å². The number of ether oxygens (including phenoxy) is 2. The average Bonchev–Trinajstić information content (AvgIpc) is 2.22. The van der Waals surface area contributed by atoms with E-state index >= 15 is 0 Å². The molecule has 0 aromatic heterocycles. The molecule has 6 heteroatoms. The van der Waals surface area contributed by atoms with Gasteiger partial charge in [0.2, 0.25) is 0 Å². The minimum atomic E-state index is -0.737. The Morgan fingerprint density at radius 1 is 1.47 bits per heavy atom. The van der Waals surface area contributed by atoms with Gasteiger partial charge in [0.1, 0.15) is 0 Å². The number of methoxy groups -OCH3 is 1. The fourth-order valence-electron chi connectivity index (χ4n) is 1.07. The van der Waals surface area contributed by atoms with Crippen LogP contribution < -0.4 is 0 Å². The van der Waals surface area contributed by atoms with Crippen LogP contribution in [-0.4, -0.2) is 37.0 Å². The van der Waals surface area contributed by atoms with Crippen LogP contribution in [0.3, 0.4) is 0 Å². The van der Waals surface area contributed by atoms with E-state index in [2.05, 4.69) is 4.89 Å². The van der Waals surface area contributed by atoms with E-state index in [-0.39, 0.29) is 0 Å². The van der Waals surface area contributed by atoms with Crippen LogP contribution in [0.5, 0.6) is 0 Å². The molecule has 0 saturated heterocycles. The van der Waals surface area contributed by atoms with Crippen molar-refractivity contribution >= 4 is 12.3 Å². The monoisotopic (exact) mass is 220 g/mol. The molecule has 2 unspecified atom stereocenters. The first-order chi connectivity index (χ1) is 7.13. The molecule has 0 aliphatic carbocycles. The molecule has 0 aliphatic heterocycles. The van der Waals surface area contributed by atoms with Gasteiger partial charge in [-0.1, -0.05) is 0 Å². The maximum absolute atomic E-state index is 10.6. The summed E-state index contributed by atoms with van der Waals surface area (Å²) in [7, 11) is 1.39. The molecule has 0 fully saturated rings. The van der Waals surface area contributed by atoms with Gasteiger partial charge in [-0.25, -0.2) is 10.1 Å². The minimum absolute atomic E-state index is 0.381. The topological polar surface area (TPSA) is 82.1 Å². The molecule has 0 bridgehead atoms. The number of aldehydes is 1. The predicted octanol–water partition coefficient (Wildman–Crippen LogP) is 0.749. The Bertz CT molecular complexity index is 189. The number of hydrogen-bond donors (Lipinski definition) is 1. The van der Waals surface area contributed by atoms with Gasteiger partial charge in [0.25, 0.3) is 0 Å². The van der Waals surface area contributed by atoms with E-state index in [4.69, 9.17) is 14.7 Å². The number of rotatable bonds is 8. The fraction of sp³-hybridized carbons (Fsp3) is 0.778. The summed E-state index contributed by atoms with van der Waals surface area (Å²) < 4.78 is 9.43. The molecule has 0 amide bonds. The Labute approximate surface area is 88.0 Å². The zero-order valence-electron chi connectivity index (χ0n) is 8.84. The molecule has 0 spiro atoms. The SMILES string of the molecule is COC(CCCC(C=O)OC(C)=O)OO. The van der Waals surface area contributed by atoms with Crippen LogP contribution >= 0.6 is 0 Å². The standard InChI is InChI=1S/C9H16O6/c1-7(11)14-8(6-10)4-3-5-9(13-2)15-12/h6,8-9,12H,3-5H2,1-2H3. The van der Waals surface area contributed by atoms with E-state index in [0.29, 0.717) is 25.5 Å². The lowest BCUT2D eigenvalue weighted by Crippen LogP contribution is -2.19. The summed E-state index contributed by atoms with van der Waals surface area (Å²) in [5, 5.41) is 8.31. The zero-order chi connectivity index (χ0) is 11.7. The number of carbonyl (C=O) groups excluding carboxylic acids is 2. The summed E-state index contributed by atoms with van der Waals surface area (Å²) in [6.07, 6.45) is 0.456. The fourth-order valence-corrected chi connectivity index (χ4v) is 1.07. The normalized spacial score (nSPS) is 14.3. The van der Waals surface area contributed by atoms with Crippen LogP contribution in [0.2, 0.25) is 0 Å². The van der Waals surface area contributed by atoms with Crippen LogP contribution in [0, 0.1) is 0 Å². The van der Waals surface area contributed by atoms with Gasteiger partial charge in [-0.2, -0.15) is 0 Å². The number of carbonyl (C=O) groups is 2. The van der Waals surface area contributed by atoms with E-state index in [1.165, 1.54) is 14.0 Å². The van der Waals surface area contributed by atoms with Crippen molar-refractivity contribution in [3.05, 3.63) is 0 Å². The molecule has 0 heterocycles. The third-order valence-corrected chi connectivity index (χ3v) is 1.78. The molecule has 6 nitrogen and oxygen atoms in total. The quantitative estimate of drug-likeness (QED) is 0.214. The molecule has 0 aromatic carbocycles. The summed E-state index contributed by atoms with van der Waals surface area (Å²) >= 11 is 0. The molecule has 1 N–H and O–H groups in total. The summed E-state index contributed by atoms with van der Waals surface area (Å²) in [6.45, 7) is 1.24. The summed E-state index contributed by atoms with van der Waals surface area (Å²) in [5.41, 5.74) is 0. The van der Waals surface area contributed by atoms with E-state index < -0.39 is 18.4 Å². The lowest BCUT2D eigenvalue weighted by atomic mass is 10.1. The van der Waals surface area contributed by atoms with E-state index in [0.717, 1.165) is 0 Å². The first-order valence-corrected chi connectivity index (χ1v) is 4.59. The second-order valence-corrected chi connectivity index (χ2v) is 2.99. The molecule has 0 saturated carbocycles. The molecule has 0 radical (unpaired) electrons. The van der Waals surface area contributed by atoms with Crippen molar-refractivity contribution in [2.24, 2.45) is 0 Å². The lowest BCUT2D eigenvalue weighted by Gasteiger charge is -2.13. The highest BCUT2D eigenvalue weighted by atomic mass is 17.1. The largest absolute Gasteiger partial charge is 0.455 e. The lowest BCUT2D eigenvalue weighted by molar-refractivity contribution is -0.342. The molecule has 0 rings (SSSR count). The number of hydrogen-bond acceptors (Lipinski definition) is 6. The van der Waals surface area contributed by atoms with Gasteiger partial charge in [0.15, 0.2) is 18.7 Å². The van der Waals surface area contributed by atoms with Crippen molar-refractivity contribution in [2.75, 3.05) is 7.11 Å². The van der Waals surface area contributed by atoms with Crippen molar-refractivity contribution in [3.8, 4) is 0 Å². The Hall–Kier alpha value is -0.980. The van der Waals surface area contributed by atoms with Crippen LogP contribution in [0.25, 0.3) is 0 Å². The third kappa shape index (κ3) is 7.01. The van der Waals surface area contributed by atoms with E-state index in [9.17, 15) is 9.59 Å². The molecule has 88 valence electrons. The predicted molar refractivity (Wildman–Crippen MR) is 50.0 cm³/mol. The Morgan fingerprint density at radius 2 is 2.13 bits per heavy atom. The van der Waals surface area contributed by atoms with Crippen LogP contribution in [0.4, 0.5) is 0 Å². The third-order valence-electron chi connectivity index (χ3n) is 1.78. The van der Waals surface area contributed by atoms with Gasteiger partial charge in [0, 0.05) is 20.5 Å². The van der Waals surface area contributed by atoms with E-state index in [1.807, 2.05) is 0 Å². The zero-order valence-corrected chi connectivity index (χ0v) is 8.84. The Balaban J connectivity index is 3.71. The smallest absolute Gasteiger partial charge is 0.303 e. The number of esters is 1. The van der Waals surface area contributed by atoms with Crippen LogP contribution in [-0.2, 0) is 24.0 Å². The highest BCUT2D eigenvalue weighted by molar-refractivity contribution is 5.69. The van der Waals surface area contributed by atoms with Crippen LogP contribution in [0.15, 0.2) is 0 Å². The highest BCUT2D eigenvalue weighted by Gasteiger charge is 2.12. The average molecular weight is 220 g/mol. The van der Waals surface area contributed by atoms with Gasteiger partial charge >= 0.3 is 5.97 Å². The summed E-state index contributed by atoms with van der Waals surface area (Å²) in [4.78, 5) is 25.0. The highest BCUT2D eigenvalue weighted by Crippen LogP contribution is 2.08. The van der Waals surface area contributed by atoms with Gasteiger partial charge in [0.05, 0.1) is 0 Å². The van der Waals surface area contributed by atoms with Crippen molar-refractivity contribution in [2.45, 2.75) is 38.6 Å². The minimum Gasteiger partial charge on any atom is -0.455 e. The van der Waals surface area contributed by atoms with Crippen molar-refractivity contribution in [1.82, 2.24) is 0 Å². The van der Waals surface area contributed by atoms with Gasteiger partial charge in [-0.15, -0.1) is 0 Å².